The van der Waals surface area contributed by atoms with Gasteiger partial charge in [0.25, 0.3) is 0 Å². The van der Waals surface area contributed by atoms with E-state index in [2.05, 4.69) is 26.1 Å². The van der Waals surface area contributed by atoms with Crippen molar-refractivity contribution < 1.29 is 4.79 Å². The lowest BCUT2D eigenvalue weighted by Gasteiger charge is -2.26. The fourth-order valence-electron chi connectivity index (χ4n) is 1.05. The molecule has 1 unspecified atom stereocenters. The molecule has 0 radical (unpaired) electrons. The molecule has 0 bridgehead atoms. The average molecular weight is 143 g/mol. The third-order valence-electron chi connectivity index (χ3n) is 1.99. The number of hydrogen-bond acceptors (Lipinski definition) is 1. The average Bonchev–Trinajstić information content (AvgIpc) is 1.89. The molecule has 1 N–H and O–H groups in total. The molecule has 2 heteroatoms. The van der Waals surface area contributed by atoms with Gasteiger partial charge in [0.15, 0.2) is 0 Å². The highest BCUT2D eigenvalue weighted by Crippen LogP contribution is 2.14. The molecular formula is C8H17NO. The van der Waals surface area contributed by atoms with Gasteiger partial charge in [-0.15, -0.1) is 0 Å². The van der Waals surface area contributed by atoms with Gasteiger partial charge in [-0.2, -0.15) is 0 Å². The minimum atomic E-state index is 0.0243. The second-order valence-corrected chi connectivity index (χ2v) is 2.93. The second kappa shape index (κ2) is 4.31. The van der Waals surface area contributed by atoms with Crippen LogP contribution in [0, 0.1) is 0 Å². The van der Waals surface area contributed by atoms with Gasteiger partial charge in [0.2, 0.25) is 6.41 Å². The van der Waals surface area contributed by atoms with Crippen molar-refractivity contribution in [1.82, 2.24) is 5.32 Å². The van der Waals surface area contributed by atoms with Gasteiger partial charge in [0, 0.05) is 5.54 Å². The summed E-state index contributed by atoms with van der Waals surface area (Å²) < 4.78 is 0. The molecular weight excluding hydrogens is 126 g/mol. The van der Waals surface area contributed by atoms with E-state index in [1.54, 1.807) is 0 Å². The highest BCUT2D eigenvalue weighted by molar-refractivity contribution is 5.47. The van der Waals surface area contributed by atoms with Crippen LogP contribution in [0.15, 0.2) is 0 Å². The summed E-state index contributed by atoms with van der Waals surface area (Å²) in [6, 6.07) is 0. The van der Waals surface area contributed by atoms with Crippen LogP contribution < -0.4 is 5.32 Å². The molecule has 0 saturated heterocycles. The molecule has 10 heavy (non-hydrogen) atoms. The van der Waals surface area contributed by atoms with Crippen molar-refractivity contribution in [3.8, 4) is 0 Å². The molecule has 0 fully saturated rings. The Morgan fingerprint density at radius 3 is 2.40 bits per heavy atom. The van der Waals surface area contributed by atoms with Crippen molar-refractivity contribution in [2.45, 2.75) is 45.6 Å². The van der Waals surface area contributed by atoms with Crippen LogP contribution >= 0.6 is 0 Å². The Labute approximate surface area is 63.0 Å². The highest BCUT2D eigenvalue weighted by atomic mass is 16.1. The van der Waals surface area contributed by atoms with Crippen molar-refractivity contribution in [3.05, 3.63) is 0 Å². The zero-order chi connectivity index (χ0) is 8.04. The van der Waals surface area contributed by atoms with Crippen molar-refractivity contribution in [3.63, 3.8) is 0 Å². The first-order valence-corrected chi connectivity index (χ1v) is 3.90. The van der Waals surface area contributed by atoms with Crippen molar-refractivity contribution in [1.29, 1.82) is 0 Å². The lowest BCUT2D eigenvalue weighted by molar-refractivity contribution is -0.111. The molecule has 0 aliphatic carbocycles. The summed E-state index contributed by atoms with van der Waals surface area (Å²) in [5.41, 5.74) is 0.0243. The Morgan fingerprint density at radius 2 is 2.10 bits per heavy atom. The third kappa shape index (κ3) is 2.85. The largest absolute Gasteiger partial charge is 0.354 e. The predicted octanol–water partition coefficient (Wildman–Crippen LogP) is 1.70. The Hall–Kier alpha value is -0.530. The van der Waals surface area contributed by atoms with Crippen LogP contribution in [-0.2, 0) is 4.79 Å². The predicted molar refractivity (Wildman–Crippen MR) is 42.8 cm³/mol. The van der Waals surface area contributed by atoms with E-state index in [4.69, 9.17) is 0 Å². The number of hydrogen-bond donors (Lipinski definition) is 1. The first kappa shape index (κ1) is 9.47. The third-order valence-corrected chi connectivity index (χ3v) is 1.99. The van der Waals surface area contributed by atoms with E-state index in [0.29, 0.717) is 0 Å². The van der Waals surface area contributed by atoms with Gasteiger partial charge >= 0.3 is 0 Å². The summed E-state index contributed by atoms with van der Waals surface area (Å²) >= 11 is 0. The molecule has 0 aromatic carbocycles. The van der Waals surface area contributed by atoms with E-state index in [9.17, 15) is 4.79 Å². The lowest BCUT2D eigenvalue weighted by atomic mass is 9.93. The zero-order valence-electron chi connectivity index (χ0n) is 7.11. The Balaban J connectivity index is 3.80. The number of rotatable bonds is 5. The molecule has 2 nitrogen and oxygen atoms in total. The fraction of sp³-hybridized carbons (Fsp3) is 0.875. The number of carbonyl (C=O) groups is 1. The molecule has 0 rings (SSSR count). The maximum absolute atomic E-state index is 10.1. The molecule has 0 heterocycles. The number of nitrogens with one attached hydrogen (secondary N) is 1. The Morgan fingerprint density at radius 1 is 1.50 bits per heavy atom. The standard InChI is InChI=1S/C8H17NO/c1-4-6-8(3,5-2)9-7-10/h7H,4-6H2,1-3H3,(H,9,10). The van der Waals surface area contributed by atoms with Crippen LogP contribution in [0.3, 0.4) is 0 Å². The van der Waals surface area contributed by atoms with Crippen molar-refractivity contribution in [2.75, 3.05) is 0 Å². The first-order valence-electron chi connectivity index (χ1n) is 3.90. The lowest BCUT2D eigenvalue weighted by Crippen LogP contribution is -2.40. The molecule has 0 aromatic rings. The summed E-state index contributed by atoms with van der Waals surface area (Å²) in [6.45, 7) is 6.29. The van der Waals surface area contributed by atoms with E-state index < -0.39 is 0 Å². The Kier molecular flexibility index (Phi) is 4.08. The molecule has 1 atom stereocenters. The number of amides is 1. The van der Waals surface area contributed by atoms with E-state index in [-0.39, 0.29) is 5.54 Å². The fourth-order valence-corrected chi connectivity index (χ4v) is 1.05. The summed E-state index contributed by atoms with van der Waals surface area (Å²) in [7, 11) is 0. The van der Waals surface area contributed by atoms with Crippen LogP contribution in [0.5, 0.6) is 0 Å². The van der Waals surface area contributed by atoms with Gasteiger partial charge in [0.05, 0.1) is 0 Å². The minimum Gasteiger partial charge on any atom is -0.354 e. The van der Waals surface area contributed by atoms with Gasteiger partial charge in [-0.3, -0.25) is 4.79 Å². The van der Waals surface area contributed by atoms with Crippen molar-refractivity contribution >= 4 is 6.41 Å². The quantitative estimate of drug-likeness (QED) is 0.583. The first-order chi connectivity index (χ1) is 4.68. The van der Waals surface area contributed by atoms with Gasteiger partial charge in [-0.25, -0.2) is 0 Å². The van der Waals surface area contributed by atoms with Crippen LogP contribution in [0.1, 0.15) is 40.0 Å². The summed E-state index contributed by atoms with van der Waals surface area (Å²) in [5.74, 6) is 0. The maximum Gasteiger partial charge on any atom is 0.207 e. The van der Waals surface area contributed by atoms with Crippen LogP contribution in [0.4, 0.5) is 0 Å². The van der Waals surface area contributed by atoms with Gasteiger partial charge < -0.3 is 5.32 Å². The van der Waals surface area contributed by atoms with Gasteiger partial charge in [0.1, 0.15) is 0 Å². The molecule has 0 spiro atoms. The van der Waals surface area contributed by atoms with Gasteiger partial charge in [-0.05, 0) is 19.8 Å². The molecule has 1 amide bonds. The maximum atomic E-state index is 10.1. The summed E-state index contributed by atoms with van der Waals surface area (Å²) in [4.78, 5) is 10.1. The summed E-state index contributed by atoms with van der Waals surface area (Å²) in [5, 5.41) is 2.83. The molecule has 60 valence electrons. The second-order valence-electron chi connectivity index (χ2n) is 2.93. The normalized spacial score (nSPS) is 15.9. The van der Waals surface area contributed by atoms with Gasteiger partial charge in [-0.1, -0.05) is 20.3 Å². The van der Waals surface area contributed by atoms with Crippen LogP contribution in [0.25, 0.3) is 0 Å². The van der Waals surface area contributed by atoms with E-state index in [1.165, 1.54) is 0 Å². The SMILES string of the molecule is CCCC(C)(CC)NC=O. The molecule has 0 aromatic heterocycles. The smallest absolute Gasteiger partial charge is 0.207 e. The Bertz CT molecular complexity index is 103. The van der Waals surface area contributed by atoms with Crippen LogP contribution in [-0.4, -0.2) is 11.9 Å². The molecule has 0 aliphatic heterocycles. The molecule has 0 saturated carbocycles. The van der Waals surface area contributed by atoms with Crippen molar-refractivity contribution in [2.24, 2.45) is 0 Å². The zero-order valence-corrected chi connectivity index (χ0v) is 7.11. The van der Waals surface area contributed by atoms with E-state index >= 15 is 0 Å². The minimum absolute atomic E-state index is 0.0243. The monoisotopic (exact) mass is 143 g/mol. The van der Waals surface area contributed by atoms with Crippen LogP contribution in [0.2, 0.25) is 0 Å². The highest BCUT2D eigenvalue weighted by Gasteiger charge is 2.18. The number of carbonyl (C=O) groups excluding carboxylic acids is 1. The topological polar surface area (TPSA) is 29.1 Å². The van der Waals surface area contributed by atoms with E-state index in [1.807, 2.05) is 0 Å². The van der Waals surface area contributed by atoms with E-state index in [0.717, 1.165) is 25.7 Å². The molecule has 0 aliphatic rings. The summed E-state index contributed by atoms with van der Waals surface area (Å²) in [6.07, 6.45) is 3.96.